The molecule has 0 radical (unpaired) electrons. The number of urea groups is 1. The number of ether oxygens (including phenoxy) is 1. The van der Waals surface area contributed by atoms with E-state index in [-0.39, 0.29) is 12.1 Å². The van der Waals surface area contributed by atoms with E-state index < -0.39 is 0 Å². The van der Waals surface area contributed by atoms with E-state index in [1.807, 2.05) is 0 Å². The highest BCUT2D eigenvalue weighted by Gasteiger charge is 2.21. The quantitative estimate of drug-likeness (QED) is 0.751. The van der Waals surface area contributed by atoms with Crippen LogP contribution in [-0.4, -0.2) is 55.9 Å². The van der Waals surface area contributed by atoms with Gasteiger partial charge in [0, 0.05) is 38.8 Å². The smallest absolute Gasteiger partial charge is 0.315 e. The van der Waals surface area contributed by atoms with Crippen LogP contribution in [0.3, 0.4) is 0 Å². The van der Waals surface area contributed by atoms with Gasteiger partial charge in [0.25, 0.3) is 0 Å². The van der Waals surface area contributed by atoms with Crippen molar-refractivity contribution in [2.24, 2.45) is 0 Å². The third-order valence-electron chi connectivity index (χ3n) is 3.93. The Morgan fingerprint density at radius 1 is 1.35 bits per heavy atom. The summed E-state index contributed by atoms with van der Waals surface area (Å²) in [6, 6.07) is 0.236. The summed E-state index contributed by atoms with van der Waals surface area (Å²) >= 11 is 0. The van der Waals surface area contributed by atoms with E-state index in [2.05, 4.69) is 29.0 Å². The molecule has 2 amide bonds. The highest BCUT2D eigenvalue weighted by Crippen LogP contribution is 2.12. The predicted molar refractivity (Wildman–Crippen MR) is 79.8 cm³/mol. The third kappa shape index (κ3) is 5.13. The van der Waals surface area contributed by atoms with Gasteiger partial charge in [-0.15, -0.1) is 0 Å². The van der Waals surface area contributed by atoms with Crippen molar-refractivity contribution in [3.63, 3.8) is 0 Å². The Bertz CT molecular complexity index is 332. The van der Waals surface area contributed by atoms with E-state index in [4.69, 9.17) is 4.74 Å². The van der Waals surface area contributed by atoms with Gasteiger partial charge in [-0.1, -0.05) is 12.2 Å². The fourth-order valence-electron chi connectivity index (χ4n) is 2.87. The number of amides is 2. The second-order valence-electron chi connectivity index (χ2n) is 6.00. The van der Waals surface area contributed by atoms with E-state index in [1.165, 1.54) is 5.57 Å². The number of nitrogens with zero attached hydrogens (tertiary/aromatic N) is 1. The minimum Gasteiger partial charge on any atom is -0.376 e. The van der Waals surface area contributed by atoms with Gasteiger partial charge in [-0.25, -0.2) is 4.79 Å². The zero-order valence-corrected chi connectivity index (χ0v) is 12.5. The number of carbonyl (C=O) groups excluding carboxylic acids is 1. The summed E-state index contributed by atoms with van der Waals surface area (Å²) in [5.74, 6) is 0. The lowest BCUT2D eigenvalue weighted by Gasteiger charge is -2.32. The average molecular weight is 281 g/mol. The van der Waals surface area contributed by atoms with Crippen molar-refractivity contribution in [3.05, 3.63) is 12.2 Å². The van der Waals surface area contributed by atoms with Gasteiger partial charge in [-0.2, -0.15) is 0 Å². The molecule has 0 bridgehead atoms. The summed E-state index contributed by atoms with van der Waals surface area (Å²) in [5.41, 5.74) is 1.20. The summed E-state index contributed by atoms with van der Waals surface area (Å²) in [5, 5.41) is 5.97. The fraction of sp³-hybridized carbons (Fsp3) is 0.800. The Kier molecular flexibility index (Phi) is 5.86. The lowest BCUT2D eigenvalue weighted by molar-refractivity contribution is 0.111. The van der Waals surface area contributed by atoms with Crippen molar-refractivity contribution >= 4 is 6.03 Å². The van der Waals surface area contributed by atoms with Gasteiger partial charge in [-0.05, 0) is 32.6 Å². The lowest BCUT2D eigenvalue weighted by atomic mass is 10.0. The number of rotatable bonds is 5. The first-order chi connectivity index (χ1) is 9.63. The zero-order chi connectivity index (χ0) is 14.4. The van der Waals surface area contributed by atoms with E-state index >= 15 is 0 Å². The molecule has 0 aromatic carbocycles. The Morgan fingerprint density at radius 3 is 2.70 bits per heavy atom. The Labute approximate surface area is 121 Å². The molecule has 0 aromatic heterocycles. The van der Waals surface area contributed by atoms with Crippen LogP contribution in [-0.2, 0) is 4.74 Å². The number of hydrogen-bond donors (Lipinski definition) is 2. The zero-order valence-electron chi connectivity index (χ0n) is 12.5. The topological polar surface area (TPSA) is 53.6 Å². The molecule has 2 saturated heterocycles. The number of piperidine rings is 1. The molecule has 0 aliphatic carbocycles. The maximum Gasteiger partial charge on any atom is 0.315 e. The van der Waals surface area contributed by atoms with Crippen molar-refractivity contribution in [3.8, 4) is 0 Å². The Hall–Kier alpha value is -1.07. The normalized spacial score (nSPS) is 24.6. The van der Waals surface area contributed by atoms with Gasteiger partial charge < -0.3 is 15.4 Å². The second-order valence-corrected chi connectivity index (χ2v) is 6.00. The van der Waals surface area contributed by atoms with Crippen molar-refractivity contribution in [2.45, 2.75) is 44.8 Å². The maximum absolute atomic E-state index is 11.8. The molecule has 0 unspecified atom stereocenters. The van der Waals surface area contributed by atoms with Crippen LogP contribution in [0.2, 0.25) is 0 Å². The molecule has 2 heterocycles. The number of nitrogens with one attached hydrogen (secondary N) is 2. The van der Waals surface area contributed by atoms with Crippen LogP contribution in [0.5, 0.6) is 0 Å². The van der Waals surface area contributed by atoms with Crippen molar-refractivity contribution in [2.75, 3.05) is 32.8 Å². The van der Waals surface area contributed by atoms with Crippen molar-refractivity contribution in [1.82, 2.24) is 15.5 Å². The lowest BCUT2D eigenvalue weighted by Crippen LogP contribution is -2.49. The first kappa shape index (κ1) is 15.3. The third-order valence-corrected chi connectivity index (χ3v) is 3.93. The average Bonchev–Trinajstić information content (AvgIpc) is 2.91. The molecule has 2 fully saturated rings. The predicted octanol–water partition coefficient (Wildman–Crippen LogP) is 1.51. The van der Waals surface area contributed by atoms with Gasteiger partial charge in [0.15, 0.2) is 0 Å². The summed E-state index contributed by atoms with van der Waals surface area (Å²) < 4.78 is 5.49. The maximum atomic E-state index is 11.8. The van der Waals surface area contributed by atoms with E-state index in [1.54, 1.807) is 0 Å². The molecule has 114 valence electrons. The van der Waals surface area contributed by atoms with Crippen LogP contribution < -0.4 is 10.6 Å². The summed E-state index contributed by atoms with van der Waals surface area (Å²) in [4.78, 5) is 14.2. The molecule has 5 nitrogen and oxygen atoms in total. The van der Waals surface area contributed by atoms with Gasteiger partial charge in [-0.3, -0.25) is 4.90 Å². The van der Waals surface area contributed by atoms with Gasteiger partial charge in [0.1, 0.15) is 0 Å². The minimum atomic E-state index is -0.0566. The molecule has 2 rings (SSSR count). The highest BCUT2D eigenvalue weighted by molar-refractivity contribution is 5.74. The summed E-state index contributed by atoms with van der Waals surface area (Å²) in [6.45, 7) is 10.5. The van der Waals surface area contributed by atoms with Crippen LogP contribution in [0.15, 0.2) is 12.2 Å². The molecule has 20 heavy (non-hydrogen) atoms. The minimum absolute atomic E-state index is 0.0566. The van der Waals surface area contributed by atoms with Gasteiger partial charge in [0.2, 0.25) is 0 Å². The van der Waals surface area contributed by atoms with Crippen molar-refractivity contribution < 1.29 is 9.53 Å². The fourth-order valence-corrected chi connectivity index (χ4v) is 2.87. The number of carbonyl (C=O) groups is 1. The van der Waals surface area contributed by atoms with Crippen LogP contribution in [0.25, 0.3) is 0 Å². The molecule has 5 heteroatoms. The largest absolute Gasteiger partial charge is 0.376 e. The molecular formula is C15H27N3O2. The summed E-state index contributed by atoms with van der Waals surface area (Å²) in [7, 11) is 0. The Morgan fingerprint density at radius 2 is 2.10 bits per heavy atom. The van der Waals surface area contributed by atoms with Gasteiger partial charge in [0.05, 0.1) is 6.10 Å². The molecule has 2 N–H and O–H groups in total. The molecular weight excluding hydrogens is 254 g/mol. The molecule has 1 atom stereocenters. The number of hydrogen-bond acceptors (Lipinski definition) is 3. The molecule has 0 saturated carbocycles. The van der Waals surface area contributed by atoms with Crippen LogP contribution in [0, 0.1) is 0 Å². The SMILES string of the molecule is C=C(C)CN1CCC(NC(=O)NC[C@H]2CCCO2)CC1. The van der Waals surface area contributed by atoms with Crippen LogP contribution >= 0.6 is 0 Å². The second kappa shape index (κ2) is 7.64. The first-order valence-electron chi connectivity index (χ1n) is 7.66. The monoisotopic (exact) mass is 281 g/mol. The van der Waals surface area contributed by atoms with E-state index in [0.29, 0.717) is 12.6 Å². The standard InChI is InChI=1S/C15H27N3O2/c1-12(2)11-18-7-5-13(6-8-18)17-15(19)16-10-14-4-3-9-20-14/h13-14H,1,3-11H2,2H3,(H2,16,17,19)/t14-/m1/s1. The summed E-state index contributed by atoms with van der Waals surface area (Å²) in [6.07, 6.45) is 4.40. The van der Waals surface area contributed by atoms with Gasteiger partial charge >= 0.3 is 6.03 Å². The Balaban J connectivity index is 1.59. The highest BCUT2D eigenvalue weighted by atomic mass is 16.5. The van der Waals surface area contributed by atoms with E-state index in [0.717, 1.165) is 51.9 Å². The molecule has 2 aliphatic heterocycles. The van der Waals surface area contributed by atoms with E-state index in [9.17, 15) is 4.79 Å². The first-order valence-corrected chi connectivity index (χ1v) is 7.66. The van der Waals surface area contributed by atoms with Crippen LogP contribution in [0.4, 0.5) is 4.79 Å². The molecule has 2 aliphatic rings. The number of likely N-dealkylation sites (tertiary alicyclic amines) is 1. The molecule has 0 spiro atoms. The molecule has 0 aromatic rings. The van der Waals surface area contributed by atoms with Crippen LogP contribution in [0.1, 0.15) is 32.6 Å². The van der Waals surface area contributed by atoms with Crippen molar-refractivity contribution in [1.29, 1.82) is 0 Å².